The van der Waals surface area contributed by atoms with Gasteiger partial charge in [0.25, 0.3) is 5.91 Å². The number of pyridine rings is 1. The molecule has 0 aliphatic heterocycles. The van der Waals surface area contributed by atoms with Crippen LogP contribution < -0.4 is 5.32 Å². The fraction of sp³-hybridized carbons (Fsp3) is 0.100. The van der Waals surface area contributed by atoms with Crippen molar-refractivity contribution in [3.63, 3.8) is 0 Å². The molecule has 0 aromatic carbocycles. The lowest BCUT2D eigenvalue weighted by Crippen LogP contribution is -2.17. The SMILES string of the molecule is CNC(=O)c1cncc(-c2cn[nH]c2)c1. The number of nitrogens with zero attached hydrogens (tertiary/aromatic N) is 2. The molecule has 2 aromatic heterocycles. The van der Waals surface area contributed by atoms with E-state index in [0.717, 1.165) is 11.1 Å². The monoisotopic (exact) mass is 202 g/mol. The summed E-state index contributed by atoms with van der Waals surface area (Å²) in [4.78, 5) is 15.4. The minimum absolute atomic E-state index is 0.146. The Balaban J connectivity index is 2.39. The molecule has 76 valence electrons. The second-order valence-electron chi connectivity index (χ2n) is 3.03. The minimum Gasteiger partial charge on any atom is -0.355 e. The summed E-state index contributed by atoms with van der Waals surface area (Å²) in [6, 6.07) is 1.77. The first kappa shape index (κ1) is 9.39. The van der Waals surface area contributed by atoms with Gasteiger partial charge in [0, 0.05) is 36.8 Å². The molecule has 5 heteroatoms. The van der Waals surface area contributed by atoms with Crippen molar-refractivity contribution in [2.75, 3.05) is 7.05 Å². The smallest absolute Gasteiger partial charge is 0.252 e. The molecule has 0 unspecified atom stereocenters. The maximum Gasteiger partial charge on any atom is 0.252 e. The molecule has 0 aliphatic rings. The summed E-state index contributed by atoms with van der Waals surface area (Å²) in [7, 11) is 1.59. The number of hydrogen-bond acceptors (Lipinski definition) is 3. The van der Waals surface area contributed by atoms with Crippen LogP contribution in [0.25, 0.3) is 11.1 Å². The summed E-state index contributed by atoms with van der Waals surface area (Å²) < 4.78 is 0. The van der Waals surface area contributed by atoms with Crippen molar-refractivity contribution in [3.05, 3.63) is 36.4 Å². The average Bonchev–Trinajstić information content (AvgIpc) is 2.82. The topological polar surface area (TPSA) is 70.7 Å². The zero-order valence-electron chi connectivity index (χ0n) is 8.19. The number of amides is 1. The molecule has 2 aromatic rings. The molecule has 1 amide bonds. The van der Waals surface area contributed by atoms with E-state index in [0.29, 0.717) is 5.56 Å². The third-order valence-corrected chi connectivity index (χ3v) is 2.06. The van der Waals surface area contributed by atoms with Gasteiger partial charge < -0.3 is 5.32 Å². The van der Waals surface area contributed by atoms with Gasteiger partial charge in [0.05, 0.1) is 11.8 Å². The normalized spacial score (nSPS) is 9.93. The lowest BCUT2D eigenvalue weighted by Gasteiger charge is -2.01. The molecule has 0 atom stereocenters. The number of nitrogens with one attached hydrogen (secondary N) is 2. The van der Waals surface area contributed by atoms with Gasteiger partial charge in [-0.2, -0.15) is 5.10 Å². The Morgan fingerprint density at radius 1 is 1.33 bits per heavy atom. The summed E-state index contributed by atoms with van der Waals surface area (Å²) in [5.74, 6) is -0.146. The second-order valence-corrected chi connectivity index (χ2v) is 3.03. The third kappa shape index (κ3) is 1.85. The van der Waals surface area contributed by atoms with Crippen LogP contribution in [-0.2, 0) is 0 Å². The standard InChI is InChI=1S/C10H10N4O/c1-11-10(15)8-2-7(3-12-4-8)9-5-13-14-6-9/h2-6H,1H3,(H,11,15)(H,13,14). The van der Waals surface area contributed by atoms with Crippen LogP contribution in [-0.4, -0.2) is 28.1 Å². The maximum absolute atomic E-state index is 11.4. The lowest BCUT2D eigenvalue weighted by atomic mass is 10.1. The van der Waals surface area contributed by atoms with E-state index in [1.165, 1.54) is 6.20 Å². The van der Waals surface area contributed by atoms with Gasteiger partial charge in [0.1, 0.15) is 0 Å². The van der Waals surface area contributed by atoms with Crippen molar-refractivity contribution in [1.29, 1.82) is 0 Å². The number of aromatic nitrogens is 3. The van der Waals surface area contributed by atoms with Crippen LogP contribution in [0.1, 0.15) is 10.4 Å². The molecule has 2 heterocycles. The fourth-order valence-electron chi connectivity index (χ4n) is 1.28. The molecule has 0 saturated carbocycles. The highest BCUT2D eigenvalue weighted by atomic mass is 16.1. The molecule has 0 aliphatic carbocycles. The van der Waals surface area contributed by atoms with Crippen LogP contribution in [0.2, 0.25) is 0 Å². The molecule has 2 rings (SSSR count). The average molecular weight is 202 g/mol. The van der Waals surface area contributed by atoms with E-state index in [9.17, 15) is 4.79 Å². The van der Waals surface area contributed by atoms with Gasteiger partial charge in [-0.15, -0.1) is 0 Å². The molecular weight excluding hydrogens is 192 g/mol. The Morgan fingerprint density at radius 3 is 2.87 bits per heavy atom. The predicted octanol–water partition coefficient (Wildman–Crippen LogP) is 0.831. The van der Waals surface area contributed by atoms with Crippen molar-refractivity contribution < 1.29 is 4.79 Å². The Labute approximate surface area is 86.5 Å². The molecule has 15 heavy (non-hydrogen) atoms. The summed E-state index contributed by atoms with van der Waals surface area (Å²) in [5, 5.41) is 9.10. The first-order valence-electron chi connectivity index (χ1n) is 4.47. The third-order valence-electron chi connectivity index (χ3n) is 2.06. The molecule has 0 radical (unpaired) electrons. The van der Waals surface area contributed by atoms with Gasteiger partial charge in [-0.1, -0.05) is 0 Å². The fourth-order valence-corrected chi connectivity index (χ4v) is 1.28. The van der Waals surface area contributed by atoms with E-state index in [1.807, 2.05) is 0 Å². The van der Waals surface area contributed by atoms with Crippen LogP contribution in [0.3, 0.4) is 0 Å². The quantitative estimate of drug-likeness (QED) is 0.757. The molecule has 5 nitrogen and oxygen atoms in total. The van der Waals surface area contributed by atoms with E-state index in [2.05, 4.69) is 20.5 Å². The summed E-state index contributed by atoms with van der Waals surface area (Å²) in [6.45, 7) is 0. The molecular formula is C10H10N4O. The van der Waals surface area contributed by atoms with Crippen molar-refractivity contribution in [2.45, 2.75) is 0 Å². The largest absolute Gasteiger partial charge is 0.355 e. The molecule has 0 bridgehead atoms. The minimum atomic E-state index is -0.146. The summed E-state index contributed by atoms with van der Waals surface area (Å²) in [5.41, 5.74) is 2.31. The van der Waals surface area contributed by atoms with E-state index in [-0.39, 0.29) is 5.91 Å². The van der Waals surface area contributed by atoms with Gasteiger partial charge in [-0.25, -0.2) is 0 Å². The zero-order chi connectivity index (χ0) is 10.7. The second kappa shape index (κ2) is 3.91. The van der Waals surface area contributed by atoms with Crippen LogP contribution in [0.4, 0.5) is 0 Å². The van der Waals surface area contributed by atoms with Gasteiger partial charge in [-0.05, 0) is 6.07 Å². The summed E-state index contributed by atoms with van der Waals surface area (Å²) in [6.07, 6.45) is 6.66. The molecule has 2 N–H and O–H groups in total. The Hall–Kier alpha value is -2.17. The van der Waals surface area contributed by atoms with Crippen molar-refractivity contribution in [3.8, 4) is 11.1 Å². The highest BCUT2D eigenvalue weighted by Gasteiger charge is 2.06. The zero-order valence-corrected chi connectivity index (χ0v) is 8.19. The Morgan fingerprint density at radius 2 is 2.20 bits per heavy atom. The van der Waals surface area contributed by atoms with E-state index in [4.69, 9.17) is 0 Å². The van der Waals surface area contributed by atoms with E-state index >= 15 is 0 Å². The van der Waals surface area contributed by atoms with Crippen LogP contribution in [0.15, 0.2) is 30.9 Å². The first-order chi connectivity index (χ1) is 7.31. The first-order valence-corrected chi connectivity index (χ1v) is 4.47. The number of H-pyrrole nitrogens is 1. The Kier molecular flexibility index (Phi) is 2.45. The highest BCUT2D eigenvalue weighted by molar-refractivity contribution is 5.94. The van der Waals surface area contributed by atoms with E-state index in [1.54, 1.807) is 31.7 Å². The van der Waals surface area contributed by atoms with Crippen molar-refractivity contribution in [2.24, 2.45) is 0 Å². The Bertz CT molecular complexity index is 464. The maximum atomic E-state index is 11.4. The van der Waals surface area contributed by atoms with Crippen molar-refractivity contribution >= 4 is 5.91 Å². The number of carbonyl (C=O) groups is 1. The number of hydrogen-bond donors (Lipinski definition) is 2. The van der Waals surface area contributed by atoms with Gasteiger partial charge in [0.15, 0.2) is 0 Å². The number of aromatic amines is 1. The highest BCUT2D eigenvalue weighted by Crippen LogP contribution is 2.17. The molecule has 0 saturated heterocycles. The van der Waals surface area contributed by atoms with Crippen LogP contribution in [0.5, 0.6) is 0 Å². The molecule has 0 fully saturated rings. The number of carbonyl (C=O) groups excluding carboxylic acids is 1. The van der Waals surface area contributed by atoms with Gasteiger partial charge in [-0.3, -0.25) is 14.9 Å². The van der Waals surface area contributed by atoms with Crippen LogP contribution in [0, 0.1) is 0 Å². The predicted molar refractivity (Wildman–Crippen MR) is 55.2 cm³/mol. The van der Waals surface area contributed by atoms with Gasteiger partial charge in [0.2, 0.25) is 0 Å². The summed E-state index contributed by atoms with van der Waals surface area (Å²) >= 11 is 0. The lowest BCUT2D eigenvalue weighted by molar-refractivity contribution is 0.0963. The van der Waals surface area contributed by atoms with Crippen molar-refractivity contribution in [1.82, 2.24) is 20.5 Å². The van der Waals surface area contributed by atoms with E-state index < -0.39 is 0 Å². The van der Waals surface area contributed by atoms with Gasteiger partial charge >= 0.3 is 0 Å². The van der Waals surface area contributed by atoms with Crippen LogP contribution >= 0.6 is 0 Å². The molecule has 0 spiro atoms. The number of rotatable bonds is 2.